The molecule has 5 nitrogen and oxygen atoms in total. The second kappa shape index (κ2) is 7.51. The van der Waals surface area contributed by atoms with E-state index in [4.69, 9.17) is 19.3 Å². The number of unbranched alkanes of at least 4 members (excludes halogenated alkanes) is 1. The van der Waals surface area contributed by atoms with E-state index >= 15 is 0 Å². The summed E-state index contributed by atoms with van der Waals surface area (Å²) < 4.78 is 14.8. The zero-order valence-corrected chi connectivity index (χ0v) is 9.72. The summed E-state index contributed by atoms with van der Waals surface area (Å²) in [5.74, 6) is 0.793. The Labute approximate surface area is 99.9 Å². The predicted molar refractivity (Wildman–Crippen MR) is 61.3 cm³/mol. The lowest BCUT2D eigenvalue weighted by Crippen LogP contribution is -2.12. The highest BCUT2D eigenvalue weighted by Crippen LogP contribution is 2.25. The Hall–Kier alpha value is -1.75. The predicted octanol–water partition coefficient (Wildman–Crippen LogP) is 1.98. The number of benzene rings is 1. The van der Waals surface area contributed by atoms with Gasteiger partial charge in [0.1, 0.15) is 0 Å². The third kappa shape index (κ3) is 4.74. The highest BCUT2D eigenvalue weighted by molar-refractivity contribution is 5.65. The number of ether oxygens (including phenoxy) is 3. The van der Waals surface area contributed by atoms with Crippen molar-refractivity contribution >= 4 is 6.16 Å². The Morgan fingerprint density at radius 2 is 1.94 bits per heavy atom. The molecule has 0 spiro atoms. The van der Waals surface area contributed by atoms with Crippen molar-refractivity contribution in [3.8, 4) is 11.5 Å². The average molecular weight is 240 g/mol. The molecular formula is C12H16O5. The van der Waals surface area contributed by atoms with Gasteiger partial charge in [0.05, 0.1) is 13.7 Å². The summed E-state index contributed by atoms with van der Waals surface area (Å²) in [6.07, 6.45) is 0.437. The molecule has 1 N–H and O–H groups in total. The number of aliphatic hydroxyl groups is 1. The number of para-hydroxylation sites is 2. The van der Waals surface area contributed by atoms with Gasteiger partial charge in [-0.1, -0.05) is 12.1 Å². The molecular weight excluding hydrogens is 224 g/mol. The van der Waals surface area contributed by atoms with Gasteiger partial charge < -0.3 is 19.3 Å². The number of hydrogen-bond acceptors (Lipinski definition) is 5. The molecule has 0 aliphatic carbocycles. The van der Waals surface area contributed by atoms with Gasteiger partial charge in [-0.2, -0.15) is 0 Å². The Morgan fingerprint density at radius 3 is 2.59 bits per heavy atom. The zero-order valence-electron chi connectivity index (χ0n) is 9.72. The van der Waals surface area contributed by atoms with Gasteiger partial charge in [-0.25, -0.2) is 4.79 Å². The fraction of sp³-hybridized carbons (Fsp3) is 0.417. The summed E-state index contributed by atoms with van der Waals surface area (Å²) in [6.45, 7) is 0.319. The average Bonchev–Trinajstić information content (AvgIpc) is 2.35. The number of hydrogen-bond donors (Lipinski definition) is 1. The lowest BCUT2D eigenvalue weighted by atomic mass is 10.3. The largest absolute Gasteiger partial charge is 0.513 e. The van der Waals surface area contributed by atoms with Crippen LogP contribution in [0.3, 0.4) is 0 Å². The Morgan fingerprint density at radius 1 is 1.24 bits per heavy atom. The van der Waals surface area contributed by atoms with Gasteiger partial charge in [0.2, 0.25) is 0 Å². The molecule has 0 amide bonds. The molecule has 0 fully saturated rings. The van der Waals surface area contributed by atoms with Crippen LogP contribution in [0, 0.1) is 0 Å². The monoisotopic (exact) mass is 240 g/mol. The van der Waals surface area contributed by atoms with Gasteiger partial charge in [0.25, 0.3) is 0 Å². The Balaban J connectivity index is 2.39. The molecule has 0 radical (unpaired) electrons. The molecule has 1 aromatic rings. The molecule has 0 atom stereocenters. The van der Waals surface area contributed by atoms with Crippen molar-refractivity contribution in [1.82, 2.24) is 0 Å². The quantitative estimate of drug-likeness (QED) is 0.468. The van der Waals surface area contributed by atoms with E-state index in [9.17, 15) is 4.79 Å². The molecule has 0 saturated carbocycles. The number of aliphatic hydroxyl groups excluding tert-OH is 1. The van der Waals surface area contributed by atoms with E-state index in [0.29, 0.717) is 24.3 Å². The summed E-state index contributed by atoms with van der Waals surface area (Å²) in [5, 5.41) is 8.55. The Kier molecular flexibility index (Phi) is 5.88. The van der Waals surface area contributed by atoms with Crippen LogP contribution < -0.4 is 9.47 Å². The molecule has 0 aromatic heterocycles. The normalized spacial score (nSPS) is 9.76. The lowest BCUT2D eigenvalue weighted by molar-refractivity contribution is 0.0946. The molecule has 17 heavy (non-hydrogen) atoms. The van der Waals surface area contributed by atoms with Crippen LogP contribution >= 0.6 is 0 Å². The fourth-order valence-corrected chi connectivity index (χ4v) is 1.19. The van der Waals surface area contributed by atoms with E-state index in [1.165, 1.54) is 7.11 Å². The molecule has 0 aliphatic rings. The van der Waals surface area contributed by atoms with Crippen LogP contribution in [0.25, 0.3) is 0 Å². The van der Waals surface area contributed by atoms with Crippen molar-refractivity contribution in [2.24, 2.45) is 0 Å². The molecule has 0 unspecified atom stereocenters. The van der Waals surface area contributed by atoms with Gasteiger partial charge in [-0.3, -0.25) is 0 Å². The minimum atomic E-state index is -0.771. The SMILES string of the molecule is COc1ccccc1OC(=O)OCCCCO. The van der Waals surface area contributed by atoms with Gasteiger partial charge in [0.15, 0.2) is 11.5 Å². The van der Waals surface area contributed by atoms with Crippen molar-refractivity contribution in [3.05, 3.63) is 24.3 Å². The third-order valence-electron chi connectivity index (χ3n) is 2.03. The number of methoxy groups -OCH3 is 1. The second-order valence-electron chi connectivity index (χ2n) is 3.28. The first-order valence-electron chi connectivity index (χ1n) is 5.36. The fourth-order valence-electron chi connectivity index (χ4n) is 1.19. The first-order chi connectivity index (χ1) is 8.27. The van der Waals surface area contributed by atoms with Crippen LogP contribution in [-0.4, -0.2) is 31.6 Å². The summed E-state index contributed by atoms with van der Waals surface area (Å²) in [4.78, 5) is 11.3. The van der Waals surface area contributed by atoms with Gasteiger partial charge in [-0.15, -0.1) is 0 Å². The maximum Gasteiger partial charge on any atom is 0.513 e. The Bertz CT molecular complexity index is 351. The summed E-state index contributed by atoms with van der Waals surface area (Å²) >= 11 is 0. The van der Waals surface area contributed by atoms with Crippen LogP contribution in [0.2, 0.25) is 0 Å². The van der Waals surface area contributed by atoms with Gasteiger partial charge >= 0.3 is 6.16 Å². The van der Waals surface area contributed by atoms with E-state index in [1.807, 2.05) is 0 Å². The molecule has 0 saturated heterocycles. The van der Waals surface area contributed by atoms with Crippen LogP contribution in [-0.2, 0) is 4.74 Å². The van der Waals surface area contributed by atoms with E-state index < -0.39 is 6.16 Å². The topological polar surface area (TPSA) is 65.0 Å². The molecule has 94 valence electrons. The van der Waals surface area contributed by atoms with Crippen LogP contribution in [0.15, 0.2) is 24.3 Å². The number of rotatable bonds is 6. The van der Waals surface area contributed by atoms with Crippen molar-refractivity contribution < 1.29 is 24.1 Å². The molecule has 0 bridgehead atoms. The summed E-state index contributed by atoms with van der Waals surface area (Å²) in [6, 6.07) is 6.82. The van der Waals surface area contributed by atoms with Crippen molar-refractivity contribution in [2.75, 3.05) is 20.3 Å². The van der Waals surface area contributed by atoms with Gasteiger partial charge in [-0.05, 0) is 25.0 Å². The maximum absolute atomic E-state index is 11.3. The van der Waals surface area contributed by atoms with Crippen molar-refractivity contribution in [1.29, 1.82) is 0 Å². The highest BCUT2D eigenvalue weighted by Gasteiger charge is 2.09. The van der Waals surface area contributed by atoms with Crippen molar-refractivity contribution in [3.63, 3.8) is 0 Å². The minimum absolute atomic E-state index is 0.0882. The van der Waals surface area contributed by atoms with E-state index in [2.05, 4.69) is 0 Å². The maximum atomic E-state index is 11.3. The highest BCUT2D eigenvalue weighted by atomic mass is 16.7. The van der Waals surface area contributed by atoms with Gasteiger partial charge in [0, 0.05) is 6.61 Å². The van der Waals surface area contributed by atoms with Crippen LogP contribution in [0.4, 0.5) is 4.79 Å². The molecule has 5 heteroatoms. The molecule has 1 rings (SSSR count). The zero-order chi connectivity index (χ0) is 12.5. The minimum Gasteiger partial charge on any atom is -0.493 e. The van der Waals surface area contributed by atoms with Crippen LogP contribution in [0.1, 0.15) is 12.8 Å². The van der Waals surface area contributed by atoms with Crippen molar-refractivity contribution in [2.45, 2.75) is 12.8 Å². The molecule has 0 aliphatic heterocycles. The van der Waals surface area contributed by atoms with E-state index in [1.54, 1.807) is 24.3 Å². The van der Waals surface area contributed by atoms with E-state index in [0.717, 1.165) is 0 Å². The first kappa shape index (κ1) is 13.3. The molecule has 0 heterocycles. The van der Waals surface area contributed by atoms with E-state index in [-0.39, 0.29) is 13.2 Å². The second-order valence-corrected chi connectivity index (χ2v) is 3.28. The van der Waals surface area contributed by atoms with Crippen LogP contribution in [0.5, 0.6) is 11.5 Å². The third-order valence-corrected chi connectivity index (χ3v) is 2.03. The standard InChI is InChI=1S/C12H16O5/c1-15-10-6-2-3-7-11(10)17-12(14)16-9-5-4-8-13/h2-3,6-7,13H,4-5,8-9H2,1H3. The lowest BCUT2D eigenvalue weighted by Gasteiger charge is -2.08. The summed E-state index contributed by atoms with van der Waals surface area (Å²) in [7, 11) is 1.49. The first-order valence-corrected chi connectivity index (χ1v) is 5.36. The smallest absolute Gasteiger partial charge is 0.493 e. The number of carbonyl (C=O) groups excluding carboxylic acids is 1. The molecule has 1 aromatic carbocycles. The summed E-state index contributed by atoms with van der Waals surface area (Å²) in [5.41, 5.74) is 0. The number of carbonyl (C=O) groups is 1.